The van der Waals surface area contributed by atoms with Gasteiger partial charge in [0.15, 0.2) is 6.10 Å². The van der Waals surface area contributed by atoms with E-state index in [1.807, 2.05) is 23.1 Å². The van der Waals surface area contributed by atoms with Crippen molar-refractivity contribution < 1.29 is 22.7 Å². The van der Waals surface area contributed by atoms with Gasteiger partial charge in [-0.05, 0) is 42.8 Å². The SMILES string of the molecule is CC1Oc2ccc(CN3CCN(c4cccc(C(F)(F)F)c4)CC3)cc2NC1=O. The fourth-order valence-corrected chi connectivity index (χ4v) is 3.66. The lowest BCUT2D eigenvalue weighted by Crippen LogP contribution is -2.46. The Balaban J connectivity index is 1.37. The van der Waals surface area contributed by atoms with E-state index in [1.54, 1.807) is 13.0 Å². The number of halogens is 3. The van der Waals surface area contributed by atoms with E-state index >= 15 is 0 Å². The van der Waals surface area contributed by atoms with Gasteiger partial charge in [0.05, 0.1) is 11.3 Å². The first-order valence-electron chi connectivity index (χ1n) is 9.54. The van der Waals surface area contributed by atoms with Gasteiger partial charge in [-0.15, -0.1) is 0 Å². The Morgan fingerprint density at radius 3 is 2.59 bits per heavy atom. The fraction of sp³-hybridized carbons (Fsp3) is 0.381. The van der Waals surface area contributed by atoms with Gasteiger partial charge in [0.1, 0.15) is 5.75 Å². The van der Waals surface area contributed by atoms with Crippen molar-refractivity contribution in [1.29, 1.82) is 0 Å². The zero-order chi connectivity index (χ0) is 20.6. The normalized spacial score (nSPS) is 20.1. The summed E-state index contributed by atoms with van der Waals surface area (Å²) in [6.45, 7) is 5.21. The number of hydrogen-bond donors (Lipinski definition) is 1. The maximum atomic E-state index is 12.9. The average Bonchev–Trinajstić information content (AvgIpc) is 2.69. The van der Waals surface area contributed by atoms with Crippen LogP contribution in [0.2, 0.25) is 0 Å². The molecule has 0 aliphatic carbocycles. The molecule has 154 valence electrons. The van der Waals surface area contributed by atoms with Gasteiger partial charge in [-0.25, -0.2) is 0 Å². The molecule has 1 unspecified atom stereocenters. The van der Waals surface area contributed by atoms with Gasteiger partial charge < -0.3 is 15.0 Å². The number of hydrogen-bond acceptors (Lipinski definition) is 4. The molecule has 1 saturated heterocycles. The maximum Gasteiger partial charge on any atom is 0.416 e. The second kappa shape index (κ2) is 7.59. The highest BCUT2D eigenvalue weighted by Crippen LogP contribution is 2.33. The lowest BCUT2D eigenvalue weighted by Gasteiger charge is -2.36. The maximum absolute atomic E-state index is 12.9. The van der Waals surface area contributed by atoms with E-state index in [9.17, 15) is 18.0 Å². The number of benzene rings is 2. The van der Waals surface area contributed by atoms with Gasteiger partial charge in [-0.2, -0.15) is 13.2 Å². The minimum absolute atomic E-state index is 0.163. The molecule has 0 saturated carbocycles. The van der Waals surface area contributed by atoms with Crippen molar-refractivity contribution in [2.75, 3.05) is 36.4 Å². The smallest absolute Gasteiger partial charge is 0.416 e. The lowest BCUT2D eigenvalue weighted by atomic mass is 10.1. The molecule has 1 N–H and O–H groups in total. The van der Waals surface area contributed by atoms with Crippen LogP contribution in [0.5, 0.6) is 5.75 Å². The number of anilines is 2. The molecule has 0 radical (unpaired) electrons. The number of fused-ring (bicyclic) bond motifs is 1. The van der Waals surface area contributed by atoms with Crippen molar-refractivity contribution in [3.63, 3.8) is 0 Å². The minimum Gasteiger partial charge on any atom is -0.479 e. The molecule has 1 fully saturated rings. The van der Waals surface area contributed by atoms with Crippen LogP contribution in [0.3, 0.4) is 0 Å². The minimum atomic E-state index is -4.33. The molecule has 1 amide bonds. The molecule has 2 aliphatic heterocycles. The molecular weight excluding hydrogens is 383 g/mol. The summed E-state index contributed by atoms with van der Waals surface area (Å²) in [5, 5.41) is 2.85. The molecule has 1 atom stereocenters. The number of nitrogens with zero attached hydrogens (tertiary/aromatic N) is 2. The number of carbonyl (C=O) groups is 1. The highest BCUT2D eigenvalue weighted by atomic mass is 19.4. The Morgan fingerprint density at radius 1 is 1.10 bits per heavy atom. The van der Waals surface area contributed by atoms with E-state index in [0.717, 1.165) is 24.7 Å². The summed E-state index contributed by atoms with van der Waals surface area (Å²) in [5.41, 5.74) is 1.70. The van der Waals surface area contributed by atoms with Crippen molar-refractivity contribution >= 4 is 17.3 Å². The van der Waals surface area contributed by atoms with Crippen LogP contribution in [0.1, 0.15) is 18.1 Å². The van der Waals surface area contributed by atoms with Gasteiger partial charge >= 0.3 is 6.18 Å². The Labute approximate surface area is 167 Å². The van der Waals surface area contributed by atoms with E-state index in [4.69, 9.17) is 4.74 Å². The summed E-state index contributed by atoms with van der Waals surface area (Å²) in [4.78, 5) is 16.0. The largest absolute Gasteiger partial charge is 0.479 e. The number of ether oxygens (including phenoxy) is 1. The van der Waals surface area contributed by atoms with Crippen molar-refractivity contribution in [3.05, 3.63) is 53.6 Å². The van der Waals surface area contributed by atoms with Crippen LogP contribution >= 0.6 is 0 Å². The van der Waals surface area contributed by atoms with E-state index < -0.39 is 17.8 Å². The monoisotopic (exact) mass is 405 g/mol. The molecule has 0 bridgehead atoms. The number of amides is 1. The Kier molecular flexibility index (Phi) is 5.12. The number of alkyl halides is 3. The summed E-state index contributed by atoms with van der Waals surface area (Å²) in [7, 11) is 0. The van der Waals surface area contributed by atoms with E-state index in [-0.39, 0.29) is 5.91 Å². The molecule has 2 aromatic carbocycles. The van der Waals surface area contributed by atoms with E-state index in [1.165, 1.54) is 12.1 Å². The second-order valence-corrected chi connectivity index (χ2v) is 7.39. The third-order valence-corrected chi connectivity index (χ3v) is 5.29. The van der Waals surface area contributed by atoms with Gasteiger partial charge in [-0.3, -0.25) is 9.69 Å². The first-order valence-corrected chi connectivity index (χ1v) is 9.54. The first kappa shape index (κ1) is 19.6. The number of rotatable bonds is 3. The lowest BCUT2D eigenvalue weighted by molar-refractivity contribution is -0.137. The van der Waals surface area contributed by atoms with Gasteiger partial charge in [0.2, 0.25) is 0 Å². The molecule has 5 nitrogen and oxygen atoms in total. The summed E-state index contributed by atoms with van der Waals surface area (Å²) < 4.78 is 44.4. The van der Waals surface area contributed by atoms with Crippen LogP contribution in [-0.4, -0.2) is 43.1 Å². The van der Waals surface area contributed by atoms with E-state index in [0.29, 0.717) is 36.8 Å². The van der Waals surface area contributed by atoms with Crippen LogP contribution in [0.15, 0.2) is 42.5 Å². The molecule has 29 heavy (non-hydrogen) atoms. The van der Waals surface area contributed by atoms with Gasteiger partial charge in [0.25, 0.3) is 5.91 Å². The zero-order valence-corrected chi connectivity index (χ0v) is 16.0. The molecule has 0 aromatic heterocycles. The van der Waals surface area contributed by atoms with Crippen LogP contribution in [-0.2, 0) is 17.5 Å². The molecule has 4 rings (SSSR count). The highest BCUT2D eigenvalue weighted by molar-refractivity contribution is 5.97. The third kappa shape index (κ3) is 4.32. The first-order chi connectivity index (χ1) is 13.8. The Bertz CT molecular complexity index is 908. The Hall–Kier alpha value is -2.74. The number of nitrogens with one attached hydrogen (secondary N) is 1. The van der Waals surface area contributed by atoms with Crippen molar-refractivity contribution in [2.45, 2.75) is 25.7 Å². The zero-order valence-electron chi connectivity index (χ0n) is 16.0. The van der Waals surface area contributed by atoms with Crippen molar-refractivity contribution in [1.82, 2.24) is 4.90 Å². The van der Waals surface area contributed by atoms with Gasteiger partial charge in [-0.1, -0.05) is 12.1 Å². The van der Waals surface area contributed by atoms with Crippen LogP contribution in [0, 0.1) is 0 Å². The van der Waals surface area contributed by atoms with Gasteiger partial charge in [0, 0.05) is 38.4 Å². The fourth-order valence-electron chi connectivity index (χ4n) is 3.66. The van der Waals surface area contributed by atoms with Crippen molar-refractivity contribution in [3.8, 4) is 5.75 Å². The molecule has 0 spiro atoms. The summed E-state index contributed by atoms with van der Waals surface area (Å²) in [6, 6.07) is 11.2. The van der Waals surface area contributed by atoms with Crippen LogP contribution in [0.4, 0.5) is 24.5 Å². The predicted octanol–water partition coefficient (Wildman–Crippen LogP) is 3.75. The summed E-state index contributed by atoms with van der Waals surface area (Å²) in [6.07, 6.45) is -4.83. The van der Waals surface area contributed by atoms with Crippen LogP contribution < -0.4 is 15.0 Å². The number of carbonyl (C=O) groups excluding carboxylic acids is 1. The summed E-state index contributed by atoms with van der Waals surface area (Å²) >= 11 is 0. The topological polar surface area (TPSA) is 44.8 Å². The molecule has 2 heterocycles. The average molecular weight is 405 g/mol. The van der Waals surface area contributed by atoms with Crippen molar-refractivity contribution in [2.24, 2.45) is 0 Å². The standard InChI is InChI=1S/C21H22F3N3O2/c1-14-20(28)25-18-11-15(5-6-19(18)29-14)13-26-7-9-27(10-8-26)17-4-2-3-16(12-17)21(22,23)24/h2-6,11-12,14H,7-10,13H2,1H3,(H,25,28). The molecular formula is C21H22F3N3O2. The van der Waals surface area contributed by atoms with Crippen LogP contribution in [0.25, 0.3) is 0 Å². The third-order valence-electron chi connectivity index (χ3n) is 5.29. The summed E-state index contributed by atoms with van der Waals surface area (Å²) in [5.74, 6) is 0.500. The molecule has 2 aliphatic rings. The predicted molar refractivity (Wildman–Crippen MR) is 104 cm³/mol. The molecule has 2 aromatic rings. The Morgan fingerprint density at radius 2 is 1.86 bits per heavy atom. The molecule has 8 heteroatoms. The highest BCUT2D eigenvalue weighted by Gasteiger charge is 2.31. The van der Waals surface area contributed by atoms with E-state index in [2.05, 4.69) is 10.2 Å². The second-order valence-electron chi connectivity index (χ2n) is 7.39. The number of piperazine rings is 1. The quantitative estimate of drug-likeness (QED) is 0.845.